The molecule has 3 rings (SSSR count). The third-order valence-corrected chi connectivity index (χ3v) is 5.89. The fourth-order valence-corrected chi connectivity index (χ4v) is 4.68. The molecule has 2 unspecified atom stereocenters. The van der Waals surface area contributed by atoms with E-state index in [-0.39, 0.29) is 35.0 Å². The van der Waals surface area contributed by atoms with Crippen molar-refractivity contribution in [2.75, 3.05) is 12.3 Å². The molecule has 1 saturated carbocycles. The number of likely N-dealkylation sites (tertiary alicyclic amines) is 1. The van der Waals surface area contributed by atoms with Crippen LogP contribution in [0.1, 0.15) is 52.0 Å². The number of benzene rings is 1. The van der Waals surface area contributed by atoms with E-state index < -0.39 is 0 Å². The lowest BCUT2D eigenvalue weighted by Gasteiger charge is -2.29. The Hall–Kier alpha value is -1.84. The molecular weight excluding hydrogens is 300 g/mol. The van der Waals surface area contributed by atoms with E-state index >= 15 is 0 Å². The Morgan fingerprint density at radius 2 is 1.79 bits per heavy atom. The monoisotopic (exact) mass is 328 g/mol. The Labute approximate surface area is 144 Å². The third-order valence-electron chi connectivity index (χ3n) is 5.89. The van der Waals surface area contributed by atoms with Crippen LogP contribution in [0.25, 0.3) is 0 Å². The molecule has 0 aromatic heterocycles. The van der Waals surface area contributed by atoms with Gasteiger partial charge in [0.05, 0.1) is 11.8 Å². The van der Waals surface area contributed by atoms with Gasteiger partial charge in [-0.1, -0.05) is 52.2 Å². The van der Waals surface area contributed by atoms with Crippen LogP contribution in [0.2, 0.25) is 0 Å². The molecule has 2 amide bonds. The number of unbranched alkanes of at least 4 members (excludes halogenated alkanes) is 3. The lowest BCUT2D eigenvalue weighted by Crippen LogP contribution is -2.41. The SMILES string of the molecule is CCCCCCN1C(=O)C2C(C1=O)C2(c1cccc(N)c1)C(C)C. The molecule has 0 bridgehead atoms. The van der Waals surface area contributed by atoms with Crippen LogP contribution >= 0.6 is 0 Å². The van der Waals surface area contributed by atoms with Crippen LogP contribution in [0.5, 0.6) is 0 Å². The molecule has 1 aromatic carbocycles. The van der Waals surface area contributed by atoms with Crippen molar-refractivity contribution in [2.24, 2.45) is 17.8 Å². The number of hydrogen-bond acceptors (Lipinski definition) is 3. The Bertz CT molecular complexity index is 631. The number of nitrogens with two attached hydrogens (primary N) is 1. The topological polar surface area (TPSA) is 63.4 Å². The Morgan fingerprint density at radius 3 is 2.33 bits per heavy atom. The van der Waals surface area contributed by atoms with E-state index in [1.807, 2.05) is 24.3 Å². The van der Waals surface area contributed by atoms with Crippen LogP contribution in [-0.2, 0) is 15.0 Å². The first-order valence-corrected chi connectivity index (χ1v) is 9.17. The second-order valence-electron chi connectivity index (χ2n) is 7.56. The van der Waals surface area contributed by atoms with Gasteiger partial charge in [0, 0.05) is 17.6 Å². The lowest BCUT2D eigenvalue weighted by molar-refractivity contribution is -0.143. The summed E-state index contributed by atoms with van der Waals surface area (Å²) in [6.45, 7) is 6.95. The molecule has 24 heavy (non-hydrogen) atoms. The highest BCUT2D eigenvalue weighted by molar-refractivity contribution is 6.12. The second-order valence-corrected chi connectivity index (χ2v) is 7.56. The Kier molecular flexibility index (Phi) is 4.41. The van der Waals surface area contributed by atoms with Gasteiger partial charge < -0.3 is 5.73 Å². The summed E-state index contributed by atoms with van der Waals surface area (Å²) in [5.41, 5.74) is 7.32. The summed E-state index contributed by atoms with van der Waals surface area (Å²) < 4.78 is 0. The largest absolute Gasteiger partial charge is 0.399 e. The van der Waals surface area contributed by atoms with Gasteiger partial charge in [-0.15, -0.1) is 0 Å². The fourth-order valence-electron chi connectivity index (χ4n) is 4.68. The molecule has 4 nitrogen and oxygen atoms in total. The normalized spacial score (nSPS) is 28.6. The summed E-state index contributed by atoms with van der Waals surface area (Å²) in [6, 6.07) is 7.71. The minimum atomic E-state index is -0.358. The van der Waals surface area contributed by atoms with E-state index in [2.05, 4.69) is 20.8 Å². The summed E-state index contributed by atoms with van der Waals surface area (Å²) >= 11 is 0. The first-order chi connectivity index (χ1) is 11.5. The summed E-state index contributed by atoms with van der Waals surface area (Å²) in [7, 11) is 0. The summed E-state index contributed by atoms with van der Waals surface area (Å²) in [4.78, 5) is 27.3. The number of fused-ring (bicyclic) bond motifs is 1. The van der Waals surface area contributed by atoms with Crippen molar-refractivity contribution >= 4 is 17.5 Å². The number of nitrogens with zero attached hydrogens (tertiary/aromatic N) is 1. The molecule has 2 N–H and O–H groups in total. The number of imide groups is 1. The Morgan fingerprint density at radius 1 is 1.12 bits per heavy atom. The number of piperidine rings is 1. The molecule has 0 radical (unpaired) electrons. The molecule has 1 aromatic rings. The van der Waals surface area contributed by atoms with Crippen molar-refractivity contribution in [3.63, 3.8) is 0 Å². The number of anilines is 1. The number of amides is 2. The van der Waals surface area contributed by atoms with Crippen LogP contribution in [-0.4, -0.2) is 23.3 Å². The van der Waals surface area contributed by atoms with Crippen molar-refractivity contribution in [3.8, 4) is 0 Å². The molecule has 130 valence electrons. The van der Waals surface area contributed by atoms with E-state index in [0.717, 1.165) is 31.2 Å². The highest BCUT2D eigenvalue weighted by atomic mass is 16.2. The van der Waals surface area contributed by atoms with E-state index in [1.54, 1.807) is 0 Å². The maximum Gasteiger partial charge on any atom is 0.234 e. The predicted octanol–water partition coefficient (Wildman–Crippen LogP) is 3.36. The van der Waals surface area contributed by atoms with Gasteiger partial charge in [0.1, 0.15) is 0 Å². The van der Waals surface area contributed by atoms with Crippen LogP contribution in [0, 0.1) is 17.8 Å². The molecule has 2 aliphatic rings. The average molecular weight is 328 g/mol. The first-order valence-electron chi connectivity index (χ1n) is 9.17. The minimum Gasteiger partial charge on any atom is -0.399 e. The number of rotatable bonds is 7. The molecule has 4 heteroatoms. The van der Waals surface area contributed by atoms with E-state index in [9.17, 15) is 9.59 Å². The van der Waals surface area contributed by atoms with Crippen molar-refractivity contribution in [3.05, 3.63) is 29.8 Å². The fraction of sp³-hybridized carbons (Fsp3) is 0.600. The third kappa shape index (κ3) is 2.35. The van der Waals surface area contributed by atoms with Crippen LogP contribution in [0.3, 0.4) is 0 Å². The standard InChI is InChI=1S/C20H28N2O2/c1-4-5-6-7-11-22-18(23)16-17(19(22)24)20(16,13(2)3)14-9-8-10-15(21)12-14/h8-10,12-13,16-17H,4-7,11,21H2,1-3H3. The van der Waals surface area contributed by atoms with E-state index in [4.69, 9.17) is 5.73 Å². The van der Waals surface area contributed by atoms with Gasteiger partial charge in [0.25, 0.3) is 0 Å². The summed E-state index contributed by atoms with van der Waals surface area (Å²) in [5.74, 6) is -0.115. The van der Waals surface area contributed by atoms with Crippen LogP contribution in [0.15, 0.2) is 24.3 Å². The van der Waals surface area contributed by atoms with Crippen molar-refractivity contribution in [2.45, 2.75) is 51.9 Å². The van der Waals surface area contributed by atoms with Gasteiger partial charge in [0.2, 0.25) is 11.8 Å². The molecule has 2 fully saturated rings. The summed E-state index contributed by atoms with van der Waals surface area (Å²) in [5, 5.41) is 0. The van der Waals surface area contributed by atoms with Gasteiger partial charge in [-0.25, -0.2) is 0 Å². The highest BCUT2D eigenvalue weighted by Crippen LogP contribution is 2.68. The second kappa shape index (κ2) is 6.23. The molecule has 2 atom stereocenters. The number of hydrogen-bond donors (Lipinski definition) is 1. The van der Waals surface area contributed by atoms with Gasteiger partial charge in [0.15, 0.2) is 0 Å². The number of nitrogen functional groups attached to an aromatic ring is 1. The molecule has 1 saturated heterocycles. The summed E-state index contributed by atoms with van der Waals surface area (Å²) in [6.07, 6.45) is 4.30. The predicted molar refractivity (Wildman–Crippen MR) is 95.2 cm³/mol. The van der Waals surface area contributed by atoms with Gasteiger partial charge in [-0.05, 0) is 30.0 Å². The highest BCUT2D eigenvalue weighted by Gasteiger charge is 2.78. The quantitative estimate of drug-likeness (QED) is 0.474. The zero-order valence-corrected chi connectivity index (χ0v) is 14.9. The average Bonchev–Trinajstić information content (AvgIpc) is 3.19. The zero-order chi connectivity index (χ0) is 17.5. The lowest BCUT2D eigenvalue weighted by atomic mass is 9.79. The Balaban J connectivity index is 1.81. The molecule has 1 aliphatic heterocycles. The van der Waals surface area contributed by atoms with Crippen molar-refractivity contribution < 1.29 is 9.59 Å². The molecule has 1 aliphatic carbocycles. The van der Waals surface area contributed by atoms with Crippen LogP contribution < -0.4 is 5.73 Å². The molecule has 1 heterocycles. The minimum absolute atomic E-state index is 0.0256. The van der Waals surface area contributed by atoms with Crippen LogP contribution in [0.4, 0.5) is 5.69 Å². The zero-order valence-electron chi connectivity index (χ0n) is 14.9. The number of carbonyl (C=O) groups excluding carboxylic acids is 2. The molecule has 0 spiro atoms. The maximum atomic E-state index is 12.9. The van der Waals surface area contributed by atoms with E-state index in [1.165, 1.54) is 4.90 Å². The number of carbonyl (C=O) groups is 2. The van der Waals surface area contributed by atoms with Crippen molar-refractivity contribution in [1.29, 1.82) is 0 Å². The molecular formula is C20H28N2O2. The van der Waals surface area contributed by atoms with E-state index in [0.29, 0.717) is 12.2 Å². The first kappa shape index (κ1) is 17.0. The smallest absolute Gasteiger partial charge is 0.234 e. The van der Waals surface area contributed by atoms with Gasteiger partial charge >= 0.3 is 0 Å². The van der Waals surface area contributed by atoms with Gasteiger partial charge in [-0.3, -0.25) is 14.5 Å². The van der Waals surface area contributed by atoms with Crippen molar-refractivity contribution in [1.82, 2.24) is 4.90 Å². The maximum absolute atomic E-state index is 12.9. The van der Waals surface area contributed by atoms with Gasteiger partial charge in [-0.2, -0.15) is 0 Å².